The highest BCUT2D eigenvalue weighted by atomic mass is 35.5. The van der Waals surface area contributed by atoms with E-state index in [9.17, 15) is 9.59 Å². The molecule has 0 spiro atoms. The Morgan fingerprint density at radius 1 is 1.38 bits per heavy atom. The van der Waals surface area contributed by atoms with Crippen LogP contribution in [0.2, 0.25) is 5.02 Å². The number of imidazole rings is 1. The van der Waals surface area contributed by atoms with Gasteiger partial charge in [0.15, 0.2) is 11.4 Å². The number of nitrogens with zero attached hydrogens (tertiary/aromatic N) is 5. The van der Waals surface area contributed by atoms with E-state index in [2.05, 4.69) is 11.6 Å². The average molecular weight is 415 g/mol. The Labute approximate surface area is 173 Å². The summed E-state index contributed by atoms with van der Waals surface area (Å²) in [6.07, 6.45) is 1.84. The van der Waals surface area contributed by atoms with Crippen LogP contribution in [0.1, 0.15) is 18.7 Å². The fraction of sp³-hybridized carbons (Fsp3) is 0.300. The molecule has 29 heavy (non-hydrogen) atoms. The lowest BCUT2D eigenvalue weighted by atomic mass is 10.1. The Hall–Kier alpha value is -3.13. The molecular formula is C20H21ClN5O3+. The molecule has 1 aromatic heterocycles. The molecule has 8 nitrogen and oxygen atoms in total. The molecule has 0 aliphatic carbocycles. The number of carbonyl (C=O) groups excluding carboxylic acids is 2. The number of aliphatic imine (C=N–C) groups is 1. The van der Waals surface area contributed by atoms with Crippen molar-refractivity contribution in [3.8, 4) is 11.4 Å². The highest BCUT2D eigenvalue weighted by molar-refractivity contribution is 6.30. The van der Waals surface area contributed by atoms with Gasteiger partial charge in [0, 0.05) is 18.1 Å². The number of urea groups is 1. The summed E-state index contributed by atoms with van der Waals surface area (Å²) in [5.41, 5.74) is 2.28. The van der Waals surface area contributed by atoms with E-state index in [-0.39, 0.29) is 12.5 Å². The van der Waals surface area contributed by atoms with Crippen molar-refractivity contribution in [2.45, 2.75) is 19.9 Å². The van der Waals surface area contributed by atoms with Gasteiger partial charge < -0.3 is 4.74 Å². The van der Waals surface area contributed by atoms with E-state index in [1.165, 1.54) is 9.80 Å². The Balaban J connectivity index is 1.88. The summed E-state index contributed by atoms with van der Waals surface area (Å²) in [5.74, 6) is 1.20. The first-order chi connectivity index (χ1) is 13.7. The number of halogens is 1. The Bertz CT molecular complexity index is 1100. The quantitative estimate of drug-likeness (QED) is 0.570. The van der Waals surface area contributed by atoms with Crippen molar-refractivity contribution in [2.24, 2.45) is 4.99 Å². The first kappa shape index (κ1) is 19.2. The van der Waals surface area contributed by atoms with E-state index >= 15 is 0 Å². The summed E-state index contributed by atoms with van der Waals surface area (Å²) < 4.78 is 9.14. The second-order valence-electron chi connectivity index (χ2n) is 7.22. The van der Waals surface area contributed by atoms with E-state index in [0.717, 1.165) is 11.3 Å². The third-order valence-electron chi connectivity index (χ3n) is 5.02. The monoisotopic (exact) mass is 414 g/mol. The lowest BCUT2D eigenvalue weighted by Gasteiger charge is -2.33. The van der Waals surface area contributed by atoms with Gasteiger partial charge in [-0.15, -0.1) is 0 Å². The zero-order valence-corrected chi connectivity index (χ0v) is 17.4. The van der Waals surface area contributed by atoms with Gasteiger partial charge >= 0.3 is 12.0 Å². The Kier molecular flexibility index (Phi) is 4.46. The maximum atomic E-state index is 13.2. The number of ether oxygens (including phenoxy) is 1. The van der Waals surface area contributed by atoms with Gasteiger partial charge in [-0.2, -0.15) is 4.57 Å². The number of aryl methyl sites for hydroxylation is 1. The molecule has 0 radical (unpaired) electrons. The molecule has 1 aromatic carbocycles. The fourth-order valence-electron chi connectivity index (χ4n) is 3.74. The smallest absolute Gasteiger partial charge is 0.407 e. The summed E-state index contributed by atoms with van der Waals surface area (Å²) in [5, 5.41) is 0.548. The maximum absolute atomic E-state index is 13.2. The van der Waals surface area contributed by atoms with Gasteiger partial charge in [-0.3, -0.25) is 14.6 Å². The van der Waals surface area contributed by atoms with Crippen LogP contribution < -0.4 is 9.30 Å². The minimum atomic E-state index is -0.711. The molecule has 1 atom stereocenters. The fourth-order valence-corrected chi connectivity index (χ4v) is 3.90. The third kappa shape index (κ3) is 2.82. The van der Waals surface area contributed by atoms with Gasteiger partial charge in [0.25, 0.3) is 5.91 Å². The van der Waals surface area contributed by atoms with Crippen molar-refractivity contribution in [1.29, 1.82) is 0 Å². The zero-order chi connectivity index (χ0) is 21.0. The number of methoxy groups -OCH3 is 1. The molecule has 3 heterocycles. The standard InChI is InChI=1S/C20H21ClN5O3/c1-11(2)9-25-18(27)16-17(23(4)20(25)28)22-19-24(16)10-12(3)26(19)14-8-13(21)6-7-15(14)29-5/h6-8,10,16H,1,9H2,2-5H3/q+1. The predicted octanol–water partition coefficient (Wildman–Crippen LogP) is 2.79. The molecule has 2 aromatic rings. The van der Waals surface area contributed by atoms with Gasteiger partial charge in [-0.05, 0) is 26.0 Å². The lowest BCUT2D eigenvalue weighted by molar-refractivity contribution is -0.676. The zero-order valence-electron chi connectivity index (χ0n) is 16.6. The number of carbonyl (C=O) groups is 2. The summed E-state index contributed by atoms with van der Waals surface area (Å²) in [4.78, 5) is 33.2. The molecular weight excluding hydrogens is 394 g/mol. The number of imide groups is 1. The van der Waals surface area contributed by atoms with E-state index in [0.29, 0.717) is 28.2 Å². The molecule has 3 amide bonds. The summed E-state index contributed by atoms with van der Waals surface area (Å²) in [7, 11) is 3.20. The average Bonchev–Trinajstić information content (AvgIpc) is 3.17. The van der Waals surface area contributed by atoms with Crippen LogP contribution in [0.15, 0.2) is 41.5 Å². The number of hydrogen-bond acceptors (Lipinski definition) is 4. The van der Waals surface area contributed by atoms with Gasteiger partial charge in [0.2, 0.25) is 11.9 Å². The van der Waals surface area contributed by atoms with E-state index < -0.39 is 12.1 Å². The highest BCUT2D eigenvalue weighted by Gasteiger charge is 2.53. The van der Waals surface area contributed by atoms with Gasteiger partial charge in [-0.25, -0.2) is 9.36 Å². The molecule has 0 saturated carbocycles. The molecule has 1 saturated heterocycles. The molecule has 2 aliphatic rings. The van der Waals surface area contributed by atoms with E-state index in [1.807, 2.05) is 17.7 Å². The maximum Gasteiger partial charge on any atom is 0.407 e. The van der Waals surface area contributed by atoms with Gasteiger partial charge in [-0.1, -0.05) is 28.7 Å². The molecule has 1 unspecified atom stereocenters. The largest absolute Gasteiger partial charge is 0.493 e. The minimum absolute atomic E-state index is 0.170. The number of amidine groups is 1. The number of hydrogen-bond donors (Lipinski definition) is 0. The number of aromatic nitrogens is 2. The number of benzene rings is 1. The Morgan fingerprint density at radius 3 is 2.76 bits per heavy atom. The predicted molar refractivity (Wildman–Crippen MR) is 108 cm³/mol. The van der Waals surface area contributed by atoms with Crippen LogP contribution in [0.4, 0.5) is 10.7 Å². The second-order valence-corrected chi connectivity index (χ2v) is 7.66. The van der Waals surface area contributed by atoms with Crippen LogP contribution in [0.25, 0.3) is 5.69 Å². The van der Waals surface area contributed by atoms with Crippen molar-refractivity contribution in [1.82, 2.24) is 14.4 Å². The van der Waals surface area contributed by atoms with Crippen LogP contribution in [0.5, 0.6) is 5.75 Å². The van der Waals surface area contributed by atoms with Crippen LogP contribution in [0.3, 0.4) is 0 Å². The van der Waals surface area contributed by atoms with E-state index in [1.54, 1.807) is 43.8 Å². The van der Waals surface area contributed by atoms with Crippen molar-refractivity contribution in [2.75, 3.05) is 20.7 Å². The van der Waals surface area contributed by atoms with Crippen molar-refractivity contribution < 1.29 is 18.9 Å². The van der Waals surface area contributed by atoms with E-state index in [4.69, 9.17) is 16.3 Å². The number of fused-ring (bicyclic) bond motifs is 3. The minimum Gasteiger partial charge on any atom is -0.493 e. The number of rotatable bonds is 4. The molecule has 2 aliphatic heterocycles. The third-order valence-corrected chi connectivity index (χ3v) is 5.25. The lowest BCUT2D eigenvalue weighted by Crippen LogP contribution is -2.62. The molecule has 0 N–H and O–H groups in total. The molecule has 150 valence electrons. The molecule has 9 heteroatoms. The normalized spacial score (nSPS) is 18.0. The Morgan fingerprint density at radius 2 is 2.10 bits per heavy atom. The topological polar surface area (TPSA) is 71.0 Å². The van der Waals surface area contributed by atoms with Crippen molar-refractivity contribution in [3.05, 3.63) is 47.3 Å². The van der Waals surface area contributed by atoms with Crippen LogP contribution in [0, 0.1) is 6.92 Å². The summed E-state index contributed by atoms with van der Waals surface area (Å²) in [6, 6.07) is 4.17. The molecule has 4 rings (SSSR count). The highest BCUT2D eigenvalue weighted by Crippen LogP contribution is 2.35. The summed E-state index contributed by atoms with van der Waals surface area (Å²) >= 11 is 6.22. The first-order valence-corrected chi connectivity index (χ1v) is 9.41. The number of likely N-dealkylation sites (N-methyl/N-ethyl adjacent to an activating group) is 1. The van der Waals surface area contributed by atoms with Crippen molar-refractivity contribution in [3.63, 3.8) is 0 Å². The summed E-state index contributed by atoms with van der Waals surface area (Å²) in [6.45, 7) is 7.69. The second kappa shape index (κ2) is 6.73. The van der Waals surface area contributed by atoms with Gasteiger partial charge in [0.1, 0.15) is 11.9 Å². The van der Waals surface area contributed by atoms with Gasteiger partial charge in [0.05, 0.1) is 13.7 Å². The SMILES string of the molecule is C=C(C)CN1C(=O)C2C(=Nc3n(-c4cc(Cl)ccc4OC)c(C)c[n+]32)N(C)C1=O. The molecule has 1 fully saturated rings. The van der Waals surface area contributed by atoms with Crippen LogP contribution in [-0.2, 0) is 4.79 Å². The number of amides is 3. The molecule has 0 bridgehead atoms. The van der Waals surface area contributed by atoms with Crippen LogP contribution >= 0.6 is 11.6 Å². The van der Waals surface area contributed by atoms with Crippen LogP contribution in [-0.4, -0.2) is 52.8 Å². The first-order valence-electron chi connectivity index (χ1n) is 9.04. The van der Waals surface area contributed by atoms with Crippen molar-refractivity contribution >= 4 is 35.3 Å².